The van der Waals surface area contributed by atoms with Gasteiger partial charge < -0.3 is 56.3 Å². The predicted octanol–water partition coefficient (Wildman–Crippen LogP) is 5.06. The van der Waals surface area contributed by atoms with E-state index in [-0.39, 0.29) is 34.4 Å². The summed E-state index contributed by atoms with van der Waals surface area (Å²) < 4.78 is 21.8. The summed E-state index contributed by atoms with van der Waals surface area (Å²) in [4.78, 5) is 116. The van der Waals surface area contributed by atoms with Gasteiger partial charge in [-0.3, -0.25) is 66.3 Å². The van der Waals surface area contributed by atoms with Gasteiger partial charge in [-0.15, -0.1) is 0 Å². The zero-order valence-electron chi connectivity index (χ0n) is 54.6. The van der Waals surface area contributed by atoms with Crippen molar-refractivity contribution in [3.8, 4) is 0 Å². The van der Waals surface area contributed by atoms with Crippen LogP contribution in [-0.4, -0.2) is 214 Å². The summed E-state index contributed by atoms with van der Waals surface area (Å²) in [5, 5.41) is 32.5. The molecule has 34 heteroatoms. The van der Waals surface area contributed by atoms with Crippen LogP contribution < -0.4 is 48.6 Å². The second-order valence-corrected chi connectivity index (χ2v) is 27.6. The second kappa shape index (κ2) is 37.4. The number of carboxylic acid groups (broad SMARTS) is 2. The van der Waals surface area contributed by atoms with E-state index >= 15 is 0 Å². The first-order valence-corrected chi connectivity index (χ1v) is 35.0. The Bertz CT molecular complexity index is 3850. The Morgan fingerprint density at radius 2 is 0.724 bits per heavy atom. The van der Waals surface area contributed by atoms with Crippen LogP contribution in [0.5, 0.6) is 0 Å². The molecule has 0 aromatic carbocycles. The number of nitrogens with zero attached hydrogens (tertiary/aromatic N) is 9. The third kappa shape index (κ3) is 21.8. The molecular formula is C64H77N15O13S6. The van der Waals surface area contributed by atoms with Crippen LogP contribution in [0.3, 0.4) is 0 Å². The molecule has 3 amide bonds. The Hall–Kier alpha value is -7.87. The lowest BCUT2D eigenvalue weighted by atomic mass is 10.2. The van der Waals surface area contributed by atoms with Gasteiger partial charge in [-0.25, -0.2) is 15.0 Å². The van der Waals surface area contributed by atoms with Gasteiger partial charge in [0.05, 0.1) is 71.0 Å². The molecule has 6 aliphatic heterocycles. The SMILES string of the molecule is CC(=O)O.CC(=O)O.Cc1cccn2c(=O)c(/C=C3\SC(=S)NC3=O)c(NCCCN3CCOCC3)nc12.Cc1cccn2c(=O)c(/C=C3\SC(=S)NC3=O)c(NCCCN3CCOCC3)nc12.Cc1cccn2c(=O)c(/C=C3\SC(=S)NC3=O)c(NCCCN3CCOCC3)nc12. The fraction of sp³-hybridized carbons (Fsp3) is 0.406. The van der Waals surface area contributed by atoms with Crippen molar-refractivity contribution in [2.45, 2.75) is 53.9 Å². The maximum absolute atomic E-state index is 13.2. The molecule has 0 bridgehead atoms. The third-order valence-electron chi connectivity index (χ3n) is 15.1. The normalized spacial score (nSPS) is 17.9. The van der Waals surface area contributed by atoms with Crippen molar-refractivity contribution in [3.63, 3.8) is 0 Å². The van der Waals surface area contributed by atoms with E-state index in [1.165, 1.54) is 13.2 Å². The molecule has 98 heavy (non-hydrogen) atoms. The number of carboxylic acids is 2. The first-order chi connectivity index (χ1) is 47.0. The van der Waals surface area contributed by atoms with E-state index in [4.69, 9.17) is 85.6 Å². The number of fused-ring (bicyclic) bond motifs is 3. The molecule has 0 aliphatic carbocycles. The van der Waals surface area contributed by atoms with E-state index in [1.54, 1.807) is 36.8 Å². The molecule has 6 aliphatic rings. The molecule has 12 rings (SSSR count). The molecule has 28 nitrogen and oxygen atoms in total. The number of rotatable bonds is 18. The predicted molar refractivity (Wildman–Crippen MR) is 395 cm³/mol. The fourth-order valence-corrected chi connectivity index (χ4v) is 13.5. The molecule has 0 radical (unpaired) electrons. The number of amides is 3. The summed E-state index contributed by atoms with van der Waals surface area (Å²) in [5.41, 5.74) is 4.89. The highest BCUT2D eigenvalue weighted by Crippen LogP contribution is 2.30. The summed E-state index contributed by atoms with van der Waals surface area (Å²) >= 11 is 18.6. The average Bonchev–Trinajstić information content (AvgIpc) is 0.937. The zero-order valence-corrected chi connectivity index (χ0v) is 59.5. The fourth-order valence-electron chi connectivity index (χ4n) is 10.4. The van der Waals surface area contributed by atoms with Gasteiger partial charge in [0.15, 0.2) is 0 Å². The van der Waals surface area contributed by atoms with Crippen LogP contribution in [0, 0.1) is 20.8 Å². The molecule has 12 heterocycles. The number of morpholine rings is 3. The second-order valence-electron chi connectivity index (χ2n) is 22.5. The van der Waals surface area contributed by atoms with E-state index in [1.807, 2.05) is 57.2 Å². The standard InChI is InChI=1S/3C20H23N5O3S2.2C2H4O2/c3*1-13-4-2-7-25-17(13)22-16(21-5-3-6-24-8-10-28-11-9-24)14(19(25)27)12-15-18(26)23-20(29)30-15;2*1-2(3)4/h3*2,4,7,12,21H,3,5-6,8-11H2,1H3,(H,23,26,29);2*1H3,(H,3,4)/b3*15-12-;;. The van der Waals surface area contributed by atoms with E-state index in [9.17, 15) is 28.8 Å². The average molecular weight is 1460 g/mol. The lowest BCUT2D eigenvalue weighted by molar-refractivity contribution is -0.135. The van der Waals surface area contributed by atoms with E-state index in [0.717, 1.165) is 184 Å². The maximum Gasteiger partial charge on any atom is 0.300 e. The van der Waals surface area contributed by atoms with Crippen LogP contribution in [-0.2, 0) is 38.2 Å². The van der Waals surface area contributed by atoms with Crippen LogP contribution in [0.4, 0.5) is 17.5 Å². The summed E-state index contributed by atoms with van der Waals surface area (Å²) in [6.45, 7) is 23.1. The highest BCUT2D eigenvalue weighted by atomic mass is 32.2. The van der Waals surface area contributed by atoms with Crippen molar-refractivity contribution in [2.24, 2.45) is 0 Å². The number of nitrogens with one attached hydrogen (secondary N) is 6. The van der Waals surface area contributed by atoms with Crippen LogP contribution >= 0.6 is 71.9 Å². The molecule has 6 saturated heterocycles. The third-order valence-corrected chi connectivity index (χ3v) is 18.6. The Morgan fingerprint density at radius 1 is 0.480 bits per heavy atom. The van der Waals surface area contributed by atoms with Crippen LogP contribution in [0.1, 0.15) is 66.5 Å². The Morgan fingerprint density at radius 3 is 0.949 bits per heavy atom. The van der Waals surface area contributed by atoms with Gasteiger partial charge >= 0.3 is 0 Å². The van der Waals surface area contributed by atoms with Gasteiger partial charge in [0.25, 0.3) is 46.3 Å². The number of carbonyl (C=O) groups is 5. The maximum atomic E-state index is 13.2. The summed E-state index contributed by atoms with van der Waals surface area (Å²) in [6.07, 6.45) is 12.5. The van der Waals surface area contributed by atoms with Crippen LogP contribution in [0.25, 0.3) is 35.2 Å². The largest absolute Gasteiger partial charge is 0.481 e. The van der Waals surface area contributed by atoms with Gasteiger partial charge in [0, 0.05) is 91.3 Å². The van der Waals surface area contributed by atoms with Crippen molar-refractivity contribution in [1.82, 2.24) is 58.8 Å². The van der Waals surface area contributed by atoms with Crippen molar-refractivity contribution in [3.05, 3.63) is 134 Å². The minimum Gasteiger partial charge on any atom is -0.481 e. The van der Waals surface area contributed by atoms with E-state index < -0.39 is 11.9 Å². The first kappa shape index (κ1) is 75.9. The van der Waals surface area contributed by atoms with Crippen molar-refractivity contribution < 1.29 is 48.4 Å². The number of aromatic nitrogens is 6. The quantitative estimate of drug-likeness (QED) is 0.0317. The van der Waals surface area contributed by atoms with Gasteiger partial charge in [-0.1, -0.05) is 90.1 Å². The van der Waals surface area contributed by atoms with Crippen LogP contribution in [0.15, 0.2) is 84.1 Å². The molecule has 6 fully saturated rings. The van der Waals surface area contributed by atoms with Gasteiger partial charge in [-0.2, -0.15) is 0 Å². The minimum atomic E-state index is -0.833. The number of aryl methyl sites for hydroxylation is 3. The summed E-state index contributed by atoms with van der Waals surface area (Å²) in [7, 11) is 0. The Kier molecular flexibility index (Phi) is 28.9. The van der Waals surface area contributed by atoms with Crippen LogP contribution in [0.2, 0.25) is 0 Å². The number of thiocarbonyl (C=S) groups is 3. The first-order valence-electron chi connectivity index (χ1n) is 31.4. The van der Waals surface area contributed by atoms with Gasteiger partial charge in [0.1, 0.15) is 47.4 Å². The number of hydrogen-bond donors (Lipinski definition) is 8. The van der Waals surface area contributed by atoms with E-state index in [0.29, 0.717) is 98.4 Å². The lowest BCUT2D eigenvalue weighted by Crippen LogP contribution is -2.37. The highest BCUT2D eigenvalue weighted by molar-refractivity contribution is 8.27. The van der Waals surface area contributed by atoms with Gasteiger partial charge in [0.2, 0.25) is 0 Å². The molecule has 8 N–H and O–H groups in total. The summed E-state index contributed by atoms with van der Waals surface area (Å²) in [5.74, 6) is -1.11. The number of hydrogen-bond acceptors (Lipinski definition) is 26. The molecule has 522 valence electrons. The number of pyridine rings is 3. The minimum absolute atomic E-state index is 0.224. The van der Waals surface area contributed by atoms with Crippen molar-refractivity contribution >= 4 is 167 Å². The lowest BCUT2D eigenvalue weighted by Gasteiger charge is -2.26. The highest BCUT2D eigenvalue weighted by Gasteiger charge is 2.28. The number of thioether (sulfide) groups is 3. The Labute approximate surface area is 592 Å². The number of aliphatic carboxylic acids is 2. The molecule has 0 atom stereocenters. The summed E-state index contributed by atoms with van der Waals surface area (Å²) in [6, 6.07) is 11.2. The number of ether oxygens (including phenoxy) is 3. The molecule has 6 aromatic rings. The van der Waals surface area contributed by atoms with Crippen molar-refractivity contribution in [2.75, 3.05) is 134 Å². The molecule has 0 spiro atoms. The number of anilines is 3. The monoisotopic (exact) mass is 1460 g/mol. The Balaban J connectivity index is 0.000000177. The van der Waals surface area contributed by atoms with Crippen molar-refractivity contribution in [1.29, 1.82) is 0 Å². The van der Waals surface area contributed by atoms with Gasteiger partial charge in [-0.05, 0) is 113 Å². The zero-order chi connectivity index (χ0) is 70.4. The topological polar surface area (TPSA) is 339 Å². The smallest absolute Gasteiger partial charge is 0.300 e. The molecule has 6 aromatic heterocycles. The molecule has 0 saturated carbocycles. The van der Waals surface area contributed by atoms with E-state index in [2.05, 4.69) is 46.6 Å². The number of carbonyl (C=O) groups excluding carboxylic acids is 3. The molecule has 0 unspecified atom stereocenters. The molecular weight excluding hydrogens is 1380 g/mol.